The maximum atomic E-state index is 12.2. The monoisotopic (exact) mass is 719 g/mol. The van der Waals surface area contributed by atoms with Crippen LogP contribution in [0.3, 0.4) is 0 Å². The number of esters is 2. The Bertz CT molecular complexity index is 776. The number of carbonyl (C=O) groups excluding carboxylic acids is 2. The van der Waals surface area contributed by atoms with Gasteiger partial charge in [0.1, 0.15) is 6.61 Å². The first-order chi connectivity index (χ1) is 25.1. The van der Waals surface area contributed by atoms with Crippen molar-refractivity contribution >= 4 is 11.9 Å². The summed E-state index contributed by atoms with van der Waals surface area (Å²) < 4.78 is 10.6. The van der Waals surface area contributed by atoms with Gasteiger partial charge in [-0.25, -0.2) is 0 Å². The molecule has 0 aromatic rings. The molecule has 0 spiro atoms. The van der Waals surface area contributed by atoms with Crippen LogP contribution in [0.5, 0.6) is 0 Å². The molecule has 0 aliphatic carbocycles. The highest BCUT2D eigenvalue weighted by atomic mass is 16.6. The molecule has 0 aromatic heterocycles. The van der Waals surface area contributed by atoms with E-state index in [2.05, 4.69) is 38.2 Å². The SMILES string of the molecule is CCCCCCCCC/C=C\CCCCCCCC(=O)OCC(CO)OC(=O)CCCCCCCCCCC/C=C\CCCCCCCCCC. The van der Waals surface area contributed by atoms with Crippen molar-refractivity contribution in [2.75, 3.05) is 13.2 Å². The van der Waals surface area contributed by atoms with Crippen LogP contribution in [0.2, 0.25) is 0 Å². The molecule has 0 aliphatic rings. The third kappa shape index (κ3) is 41.0. The first-order valence-corrected chi connectivity index (χ1v) is 22.4. The molecule has 5 heteroatoms. The zero-order valence-electron chi connectivity index (χ0n) is 34.1. The summed E-state index contributed by atoms with van der Waals surface area (Å²) in [5.74, 6) is -0.594. The zero-order valence-corrected chi connectivity index (χ0v) is 34.1. The van der Waals surface area contributed by atoms with Gasteiger partial charge in [0.2, 0.25) is 0 Å². The van der Waals surface area contributed by atoms with Gasteiger partial charge in [0.05, 0.1) is 6.61 Å². The fraction of sp³-hybridized carbons (Fsp3) is 0.870. The van der Waals surface area contributed by atoms with Crippen LogP contribution < -0.4 is 0 Å². The van der Waals surface area contributed by atoms with Gasteiger partial charge in [-0.2, -0.15) is 0 Å². The number of unbranched alkanes of at least 4 members (excludes halogenated alkanes) is 29. The summed E-state index contributed by atoms with van der Waals surface area (Å²) in [6, 6.07) is 0. The molecule has 0 bridgehead atoms. The third-order valence-corrected chi connectivity index (χ3v) is 9.97. The molecule has 0 aromatic carbocycles. The van der Waals surface area contributed by atoms with E-state index in [0.29, 0.717) is 12.8 Å². The van der Waals surface area contributed by atoms with Crippen LogP contribution in [-0.4, -0.2) is 36.4 Å². The molecule has 1 N–H and O–H groups in total. The lowest BCUT2D eigenvalue weighted by atomic mass is 10.1. The van der Waals surface area contributed by atoms with Gasteiger partial charge < -0.3 is 14.6 Å². The predicted octanol–water partition coefficient (Wildman–Crippen LogP) is 14.2. The van der Waals surface area contributed by atoms with Crippen LogP contribution in [0.1, 0.15) is 239 Å². The molecular formula is C46H86O5. The molecule has 0 fully saturated rings. The molecule has 0 amide bonds. The summed E-state index contributed by atoms with van der Waals surface area (Å²) in [6.07, 6.45) is 51.1. The predicted molar refractivity (Wildman–Crippen MR) is 219 cm³/mol. The minimum absolute atomic E-state index is 0.0676. The van der Waals surface area contributed by atoms with E-state index in [4.69, 9.17) is 9.47 Å². The van der Waals surface area contributed by atoms with Gasteiger partial charge in [-0.1, -0.05) is 186 Å². The molecule has 51 heavy (non-hydrogen) atoms. The van der Waals surface area contributed by atoms with Crippen LogP contribution in [-0.2, 0) is 19.1 Å². The highest BCUT2D eigenvalue weighted by Gasteiger charge is 2.16. The third-order valence-electron chi connectivity index (χ3n) is 9.97. The maximum absolute atomic E-state index is 12.2. The summed E-state index contributed by atoms with van der Waals surface area (Å²) in [6.45, 7) is 4.15. The second-order valence-corrected chi connectivity index (χ2v) is 15.1. The van der Waals surface area contributed by atoms with E-state index >= 15 is 0 Å². The van der Waals surface area contributed by atoms with E-state index in [1.54, 1.807) is 0 Å². The Labute approximate surface area is 317 Å². The van der Waals surface area contributed by atoms with Gasteiger partial charge in [-0.05, 0) is 64.2 Å². The number of rotatable bonds is 41. The van der Waals surface area contributed by atoms with Crippen LogP contribution in [0.25, 0.3) is 0 Å². The van der Waals surface area contributed by atoms with Gasteiger partial charge in [-0.15, -0.1) is 0 Å². The Hall–Kier alpha value is -1.62. The number of ether oxygens (including phenoxy) is 2. The number of hydrogen-bond donors (Lipinski definition) is 1. The molecule has 1 atom stereocenters. The van der Waals surface area contributed by atoms with Crippen LogP contribution in [0.15, 0.2) is 24.3 Å². The molecule has 0 saturated heterocycles. The Balaban J connectivity index is 3.51. The Kier molecular flexibility index (Phi) is 41.4. The number of aliphatic hydroxyl groups excluding tert-OH is 1. The summed E-state index contributed by atoms with van der Waals surface area (Å²) in [7, 11) is 0. The molecule has 0 heterocycles. The second-order valence-electron chi connectivity index (χ2n) is 15.1. The normalized spacial score (nSPS) is 12.3. The van der Waals surface area contributed by atoms with Crippen molar-refractivity contribution in [3.05, 3.63) is 24.3 Å². The van der Waals surface area contributed by atoms with Gasteiger partial charge in [0.15, 0.2) is 6.10 Å². The molecule has 0 radical (unpaired) electrons. The van der Waals surface area contributed by atoms with E-state index in [1.807, 2.05) is 0 Å². The number of hydrogen-bond acceptors (Lipinski definition) is 5. The molecule has 0 rings (SSSR count). The molecule has 1 unspecified atom stereocenters. The molecule has 0 saturated carbocycles. The Morgan fingerprint density at radius 1 is 0.431 bits per heavy atom. The van der Waals surface area contributed by atoms with Crippen molar-refractivity contribution in [3.63, 3.8) is 0 Å². The minimum atomic E-state index is -0.773. The molecular weight excluding hydrogens is 633 g/mol. The van der Waals surface area contributed by atoms with E-state index in [0.717, 1.165) is 44.9 Å². The van der Waals surface area contributed by atoms with Crippen LogP contribution >= 0.6 is 0 Å². The largest absolute Gasteiger partial charge is 0.462 e. The molecule has 300 valence electrons. The number of carbonyl (C=O) groups is 2. The minimum Gasteiger partial charge on any atom is -0.462 e. The van der Waals surface area contributed by atoms with Crippen molar-refractivity contribution in [3.8, 4) is 0 Å². The summed E-state index contributed by atoms with van der Waals surface area (Å²) in [4.78, 5) is 24.3. The smallest absolute Gasteiger partial charge is 0.306 e. The first-order valence-electron chi connectivity index (χ1n) is 22.4. The molecule has 5 nitrogen and oxygen atoms in total. The lowest BCUT2D eigenvalue weighted by Gasteiger charge is -2.15. The fourth-order valence-electron chi connectivity index (χ4n) is 6.54. The quantitative estimate of drug-likeness (QED) is 0.0387. The van der Waals surface area contributed by atoms with Crippen LogP contribution in [0.4, 0.5) is 0 Å². The van der Waals surface area contributed by atoms with Gasteiger partial charge in [0.25, 0.3) is 0 Å². The van der Waals surface area contributed by atoms with Gasteiger partial charge >= 0.3 is 11.9 Å². The van der Waals surface area contributed by atoms with Crippen molar-refractivity contribution in [2.45, 2.75) is 245 Å². The van der Waals surface area contributed by atoms with Crippen molar-refractivity contribution in [1.82, 2.24) is 0 Å². The van der Waals surface area contributed by atoms with Gasteiger partial charge in [-0.3, -0.25) is 9.59 Å². The lowest BCUT2D eigenvalue weighted by molar-refractivity contribution is -0.161. The van der Waals surface area contributed by atoms with Crippen molar-refractivity contribution in [2.24, 2.45) is 0 Å². The Morgan fingerprint density at radius 3 is 1.06 bits per heavy atom. The van der Waals surface area contributed by atoms with Gasteiger partial charge in [0, 0.05) is 12.8 Å². The van der Waals surface area contributed by atoms with E-state index < -0.39 is 6.10 Å². The zero-order chi connectivity index (χ0) is 37.1. The maximum Gasteiger partial charge on any atom is 0.306 e. The van der Waals surface area contributed by atoms with E-state index in [9.17, 15) is 14.7 Å². The highest BCUT2D eigenvalue weighted by molar-refractivity contribution is 5.70. The fourth-order valence-corrected chi connectivity index (χ4v) is 6.54. The highest BCUT2D eigenvalue weighted by Crippen LogP contribution is 2.14. The Morgan fingerprint density at radius 2 is 0.725 bits per heavy atom. The van der Waals surface area contributed by atoms with Crippen molar-refractivity contribution < 1.29 is 24.2 Å². The summed E-state index contributed by atoms with van der Waals surface area (Å²) in [5.41, 5.74) is 0. The summed E-state index contributed by atoms with van der Waals surface area (Å²) >= 11 is 0. The lowest BCUT2D eigenvalue weighted by Crippen LogP contribution is -2.28. The standard InChI is InChI=1S/C46H86O5/c1-3-5-7-9-11-13-15-17-19-21-22-23-24-25-27-29-31-33-35-37-39-41-46(49)51-44(42-47)43-50-45(48)40-38-36-34-32-30-28-26-20-18-16-14-12-10-8-6-4-2/h20-22,26,44,47H,3-19,23-25,27-43H2,1-2H3/b22-21-,26-20-. The van der Waals surface area contributed by atoms with Crippen molar-refractivity contribution in [1.29, 1.82) is 0 Å². The average molecular weight is 719 g/mol. The summed E-state index contributed by atoms with van der Waals surface area (Å²) in [5, 5.41) is 9.58. The number of aliphatic hydroxyl groups is 1. The first kappa shape index (κ1) is 49.4. The van der Waals surface area contributed by atoms with E-state index in [1.165, 1.54) is 167 Å². The number of allylic oxidation sites excluding steroid dienone is 4. The van der Waals surface area contributed by atoms with E-state index in [-0.39, 0.29) is 25.2 Å². The average Bonchev–Trinajstić information content (AvgIpc) is 3.13. The topological polar surface area (TPSA) is 72.8 Å². The van der Waals surface area contributed by atoms with Crippen LogP contribution in [0, 0.1) is 0 Å². The molecule has 0 aliphatic heterocycles. The second kappa shape index (κ2) is 42.8.